The van der Waals surface area contributed by atoms with Crippen molar-refractivity contribution >= 4 is 33.2 Å². The van der Waals surface area contributed by atoms with Gasteiger partial charge in [0.1, 0.15) is 0 Å². The van der Waals surface area contributed by atoms with Gasteiger partial charge in [0.25, 0.3) is 0 Å². The van der Waals surface area contributed by atoms with Gasteiger partial charge in [0, 0.05) is 18.6 Å². The molecule has 0 aliphatic carbocycles. The van der Waals surface area contributed by atoms with E-state index in [9.17, 15) is 29.4 Å². The van der Waals surface area contributed by atoms with E-state index in [1.54, 1.807) is 0 Å². The molecule has 0 spiro atoms. The first kappa shape index (κ1) is 16.7. The van der Waals surface area contributed by atoms with Crippen LogP contribution in [0.2, 0.25) is 0 Å². The molecule has 0 saturated carbocycles. The first-order valence-electron chi connectivity index (χ1n) is 6.06. The third kappa shape index (κ3) is 3.23. The zero-order chi connectivity index (χ0) is 17.3. The summed E-state index contributed by atoms with van der Waals surface area (Å²) in [5.41, 5.74) is -0.967. The molecule has 2 aromatic rings. The van der Waals surface area contributed by atoms with Crippen molar-refractivity contribution in [2.24, 2.45) is 0 Å². The van der Waals surface area contributed by atoms with Crippen molar-refractivity contribution in [2.75, 3.05) is 0 Å². The number of benzene rings is 1. The molecule has 0 aliphatic rings. The monoisotopic (exact) mass is 386 g/mol. The van der Waals surface area contributed by atoms with Gasteiger partial charge in [-0.3, -0.25) is 14.9 Å². The number of hydrogen-bond donors (Lipinski definition) is 0. The Hall–Kier alpha value is -2.69. The molecule has 23 heavy (non-hydrogen) atoms. The van der Waals surface area contributed by atoms with Gasteiger partial charge in [-0.25, -0.2) is 4.57 Å². The summed E-state index contributed by atoms with van der Waals surface area (Å²) in [6.45, 7) is 1.02. The summed E-state index contributed by atoms with van der Waals surface area (Å²) in [6, 6.07) is 2.68. The SMILES string of the molecule is Cc1nc(Br)c([N+](=O)[O-])n1CC(=O)c1ccc(F)c([N+](=O)[O-])c1. The van der Waals surface area contributed by atoms with Crippen molar-refractivity contribution < 1.29 is 19.0 Å². The van der Waals surface area contributed by atoms with Gasteiger partial charge in [-0.1, -0.05) is 0 Å². The first-order chi connectivity index (χ1) is 10.7. The molecule has 0 saturated heterocycles. The largest absolute Gasteiger partial charge is 0.358 e. The fourth-order valence-corrected chi connectivity index (χ4v) is 2.56. The van der Waals surface area contributed by atoms with E-state index >= 15 is 0 Å². The number of ketones is 1. The number of nitrogens with zero attached hydrogens (tertiary/aromatic N) is 4. The van der Waals surface area contributed by atoms with E-state index < -0.39 is 39.5 Å². The zero-order valence-electron chi connectivity index (χ0n) is 11.5. The summed E-state index contributed by atoms with van der Waals surface area (Å²) in [7, 11) is 0. The van der Waals surface area contributed by atoms with Crippen molar-refractivity contribution in [3.05, 3.63) is 60.2 Å². The molecule has 11 heteroatoms. The molecule has 1 aromatic carbocycles. The summed E-state index contributed by atoms with van der Waals surface area (Å²) in [5.74, 6) is -1.91. The number of aryl methyl sites for hydroxylation is 1. The van der Waals surface area contributed by atoms with Gasteiger partial charge in [0.15, 0.2) is 12.4 Å². The van der Waals surface area contributed by atoms with E-state index in [0.29, 0.717) is 0 Å². The maximum absolute atomic E-state index is 13.3. The number of carbonyl (C=O) groups is 1. The predicted octanol–water partition coefficient (Wildman–Crippen LogP) is 2.79. The van der Waals surface area contributed by atoms with Gasteiger partial charge >= 0.3 is 11.5 Å². The van der Waals surface area contributed by atoms with Crippen molar-refractivity contribution in [3.8, 4) is 0 Å². The molecule has 0 N–H and O–H groups in total. The highest BCUT2D eigenvalue weighted by Gasteiger charge is 2.27. The number of halogens is 2. The summed E-state index contributed by atoms with van der Waals surface area (Å²) < 4.78 is 14.3. The first-order valence-corrected chi connectivity index (χ1v) is 6.85. The third-order valence-corrected chi connectivity index (χ3v) is 3.56. The number of aromatic nitrogens is 2. The summed E-state index contributed by atoms with van der Waals surface area (Å²) in [6.07, 6.45) is 0. The Morgan fingerprint density at radius 2 is 2.00 bits per heavy atom. The van der Waals surface area contributed by atoms with E-state index in [1.807, 2.05) is 0 Å². The van der Waals surface area contributed by atoms with Crippen LogP contribution in [0.3, 0.4) is 0 Å². The number of nitro benzene ring substituents is 1. The third-order valence-electron chi connectivity index (χ3n) is 3.03. The van der Waals surface area contributed by atoms with E-state index in [4.69, 9.17) is 0 Å². The Bertz CT molecular complexity index is 835. The minimum absolute atomic E-state index is 0.0297. The smallest absolute Gasteiger partial charge is 0.357 e. The standard InChI is InChI=1S/C12H8BrFN4O5/c1-6-15-11(13)12(18(22)23)16(6)5-10(19)7-2-3-8(14)9(4-7)17(20)21/h2-4H,5H2,1H3. The minimum Gasteiger partial charge on any atom is -0.358 e. The molecule has 1 aromatic heterocycles. The summed E-state index contributed by atoms with van der Waals surface area (Å²) in [4.78, 5) is 36.1. The van der Waals surface area contributed by atoms with Gasteiger partial charge in [-0.2, -0.15) is 9.37 Å². The van der Waals surface area contributed by atoms with Crippen molar-refractivity contribution in [3.63, 3.8) is 0 Å². The predicted molar refractivity (Wildman–Crippen MR) is 78.7 cm³/mol. The molecule has 9 nitrogen and oxygen atoms in total. The second kappa shape index (κ2) is 6.20. The molecule has 0 fully saturated rings. The van der Waals surface area contributed by atoms with Gasteiger partial charge in [-0.15, -0.1) is 0 Å². The topological polar surface area (TPSA) is 121 Å². The lowest BCUT2D eigenvalue weighted by Gasteiger charge is -2.03. The van der Waals surface area contributed by atoms with E-state index in [0.717, 1.165) is 22.8 Å². The van der Waals surface area contributed by atoms with Crippen molar-refractivity contribution in [1.29, 1.82) is 0 Å². The van der Waals surface area contributed by atoms with Crippen LogP contribution in [0.1, 0.15) is 16.2 Å². The second-order valence-electron chi connectivity index (χ2n) is 4.46. The number of rotatable bonds is 5. The molecule has 1 heterocycles. The number of carbonyl (C=O) groups excluding carboxylic acids is 1. The fourth-order valence-electron chi connectivity index (χ4n) is 1.94. The fraction of sp³-hybridized carbons (Fsp3) is 0.167. The van der Waals surface area contributed by atoms with Gasteiger partial charge in [0.05, 0.1) is 4.92 Å². The van der Waals surface area contributed by atoms with Gasteiger partial charge in [0.2, 0.25) is 16.2 Å². The second-order valence-corrected chi connectivity index (χ2v) is 5.21. The van der Waals surface area contributed by atoms with Gasteiger partial charge < -0.3 is 10.1 Å². The molecule has 120 valence electrons. The Balaban J connectivity index is 2.39. The molecule has 0 unspecified atom stereocenters. The highest BCUT2D eigenvalue weighted by molar-refractivity contribution is 9.10. The van der Waals surface area contributed by atoms with Crippen LogP contribution < -0.4 is 0 Å². The van der Waals surface area contributed by atoms with Crippen LogP contribution in [0, 0.1) is 33.0 Å². The minimum atomic E-state index is -1.07. The van der Waals surface area contributed by atoms with Crippen LogP contribution in [0.15, 0.2) is 22.8 Å². The average molecular weight is 387 g/mol. The molecule has 0 atom stereocenters. The number of Topliss-reactive ketones (excluding diaryl/α,β-unsaturated/α-hetero) is 1. The van der Waals surface area contributed by atoms with Crippen LogP contribution in [0.25, 0.3) is 0 Å². The highest BCUT2D eigenvalue weighted by atomic mass is 79.9. The van der Waals surface area contributed by atoms with Crippen LogP contribution in [-0.2, 0) is 6.54 Å². The molecular formula is C12H8BrFN4O5. The van der Waals surface area contributed by atoms with Crippen LogP contribution in [-0.4, -0.2) is 25.2 Å². The summed E-state index contributed by atoms with van der Waals surface area (Å²) in [5, 5.41) is 21.7. The summed E-state index contributed by atoms with van der Waals surface area (Å²) >= 11 is 2.93. The van der Waals surface area contributed by atoms with E-state index in [1.165, 1.54) is 6.92 Å². The number of hydrogen-bond acceptors (Lipinski definition) is 6. The molecular weight excluding hydrogens is 379 g/mol. The Labute approximate surface area is 136 Å². The van der Waals surface area contributed by atoms with Crippen LogP contribution in [0.4, 0.5) is 15.9 Å². The van der Waals surface area contributed by atoms with Crippen LogP contribution >= 0.6 is 15.9 Å². The Morgan fingerprint density at radius 3 is 2.57 bits per heavy atom. The Morgan fingerprint density at radius 1 is 1.35 bits per heavy atom. The van der Waals surface area contributed by atoms with Crippen molar-refractivity contribution in [2.45, 2.75) is 13.5 Å². The van der Waals surface area contributed by atoms with Gasteiger partial charge in [-0.05, 0) is 33.0 Å². The highest BCUT2D eigenvalue weighted by Crippen LogP contribution is 2.26. The molecule has 0 bridgehead atoms. The maximum Gasteiger partial charge on any atom is 0.357 e. The lowest BCUT2D eigenvalue weighted by Crippen LogP contribution is -2.14. The number of imidazole rings is 1. The number of nitro groups is 2. The lowest BCUT2D eigenvalue weighted by atomic mass is 10.1. The van der Waals surface area contributed by atoms with E-state index in [-0.39, 0.29) is 16.0 Å². The quantitative estimate of drug-likeness (QED) is 0.442. The average Bonchev–Trinajstić information content (AvgIpc) is 2.73. The maximum atomic E-state index is 13.3. The zero-order valence-corrected chi connectivity index (χ0v) is 13.1. The lowest BCUT2D eigenvalue weighted by molar-refractivity contribution is -0.392. The van der Waals surface area contributed by atoms with Crippen molar-refractivity contribution in [1.82, 2.24) is 9.55 Å². The Kier molecular flexibility index (Phi) is 4.50. The normalized spacial score (nSPS) is 10.6. The molecule has 2 rings (SSSR count). The molecule has 0 radical (unpaired) electrons. The molecule has 0 amide bonds. The molecule has 0 aliphatic heterocycles. The van der Waals surface area contributed by atoms with Crippen LogP contribution in [0.5, 0.6) is 0 Å². The van der Waals surface area contributed by atoms with E-state index in [2.05, 4.69) is 20.9 Å².